The van der Waals surface area contributed by atoms with Gasteiger partial charge < -0.3 is 5.11 Å². The van der Waals surface area contributed by atoms with E-state index in [1.54, 1.807) is 0 Å². The molecule has 0 amide bonds. The summed E-state index contributed by atoms with van der Waals surface area (Å²) in [6.07, 6.45) is 7.67. The van der Waals surface area contributed by atoms with E-state index in [0.717, 1.165) is 31.6 Å². The Balaban J connectivity index is 2.00. The first kappa shape index (κ1) is 10.6. The molecule has 3 aliphatic carbocycles. The molecule has 0 saturated heterocycles. The van der Waals surface area contributed by atoms with E-state index in [4.69, 9.17) is 0 Å². The average Bonchev–Trinajstić information content (AvgIpc) is 2.95. The Bertz CT molecular complexity index is 347. The van der Waals surface area contributed by atoms with Gasteiger partial charge >= 0.3 is 0 Å². The molecule has 0 aromatic carbocycles. The Labute approximate surface area is 97.7 Å². The smallest absolute Gasteiger partial charge is 0.0893 e. The summed E-state index contributed by atoms with van der Waals surface area (Å²) >= 11 is 0. The van der Waals surface area contributed by atoms with Gasteiger partial charge in [0.1, 0.15) is 0 Å². The molecule has 0 spiro atoms. The van der Waals surface area contributed by atoms with Crippen LogP contribution in [0.5, 0.6) is 0 Å². The Morgan fingerprint density at radius 3 is 2.56 bits per heavy atom. The maximum atomic E-state index is 11.0. The van der Waals surface area contributed by atoms with Crippen LogP contribution in [-0.2, 0) is 0 Å². The van der Waals surface area contributed by atoms with Gasteiger partial charge in [-0.3, -0.25) is 0 Å². The molecule has 0 aliphatic heterocycles. The maximum Gasteiger partial charge on any atom is 0.0893 e. The molecule has 3 saturated carbocycles. The van der Waals surface area contributed by atoms with E-state index in [2.05, 4.69) is 13.0 Å². The molecule has 0 aromatic rings. The van der Waals surface area contributed by atoms with Crippen LogP contribution in [-0.4, -0.2) is 10.7 Å². The first-order valence-corrected chi connectivity index (χ1v) is 6.76. The van der Waals surface area contributed by atoms with E-state index in [1.807, 2.05) is 0 Å². The van der Waals surface area contributed by atoms with E-state index in [9.17, 15) is 10.4 Å². The minimum atomic E-state index is -0.679. The van der Waals surface area contributed by atoms with Gasteiger partial charge in [0.2, 0.25) is 0 Å². The van der Waals surface area contributed by atoms with Crippen molar-refractivity contribution in [2.75, 3.05) is 0 Å². The van der Waals surface area contributed by atoms with Gasteiger partial charge in [-0.05, 0) is 49.9 Å². The summed E-state index contributed by atoms with van der Waals surface area (Å²) < 4.78 is 0. The fraction of sp³-hybridized carbons (Fsp3) is 0.929. The van der Waals surface area contributed by atoms with Crippen LogP contribution in [0.2, 0.25) is 0 Å². The standard InChI is InChI=1S/C14H21NO/c1-10-3-2-6-14(10,16)13(9-15)8-11-4-5-12(13)7-11/h10-12,16H,2-8H2,1H3. The third-order valence-electron chi connectivity index (χ3n) is 5.83. The highest BCUT2D eigenvalue weighted by molar-refractivity contribution is 5.22. The van der Waals surface area contributed by atoms with Gasteiger partial charge in [-0.25, -0.2) is 0 Å². The van der Waals surface area contributed by atoms with Gasteiger partial charge in [0, 0.05) is 0 Å². The topological polar surface area (TPSA) is 44.0 Å². The lowest BCUT2D eigenvalue weighted by Gasteiger charge is -2.46. The number of rotatable bonds is 1. The maximum absolute atomic E-state index is 11.0. The fourth-order valence-electron chi connectivity index (χ4n) is 4.92. The van der Waals surface area contributed by atoms with Crippen molar-refractivity contribution in [3.63, 3.8) is 0 Å². The molecule has 2 heteroatoms. The van der Waals surface area contributed by atoms with Gasteiger partial charge in [-0.2, -0.15) is 5.26 Å². The molecule has 2 bridgehead atoms. The summed E-state index contributed by atoms with van der Waals surface area (Å²) in [5.41, 5.74) is -1.08. The van der Waals surface area contributed by atoms with Gasteiger partial charge in [0.05, 0.1) is 17.1 Å². The molecule has 0 radical (unpaired) electrons. The number of hydrogen-bond acceptors (Lipinski definition) is 2. The van der Waals surface area contributed by atoms with Crippen molar-refractivity contribution in [1.82, 2.24) is 0 Å². The SMILES string of the molecule is CC1CCCC1(O)C1(C#N)CC2CCC1C2. The molecule has 3 aliphatic rings. The summed E-state index contributed by atoms with van der Waals surface area (Å²) in [6, 6.07) is 2.57. The molecule has 3 fully saturated rings. The van der Waals surface area contributed by atoms with Crippen molar-refractivity contribution in [3.05, 3.63) is 0 Å². The number of aliphatic hydroxyl groups is 1. The second-order valence-corrected chi connectivity index (χ2v) is 6.38. The molecular formula is C14H21NO. The Morgan fingerprint density at radius 2 is 2.12 bits per heavy atom. The predicted molar refractivity (Wildman–Crippen MR) is 61.5 cm³/mol. The predicted octanol–water partition coefficient (Wildman–Crippen LogP) is 2.87. The van der Waals surface area contributed by atoms with E-state index in [0.29, 0.717) is 11.8 Å². The summed E-state index contributed by atoms with van der Waals surface area (Å²) in [7, 11) is 0. The van der Waals surface area contributed by atoms with E-state index in [1.165, 1.54) is 19.3 Å². The van der Waals surface area contributed by atoms with Gasteiger partial charge in [0.25, 0.3) is 0 Å². The summed E-state index contributed by atoms with van der Waals surface area (Å²) in [5.74, 6) is 1.51. The molecular weight excluding hydrogens is 198 g/mol. The van der Waals surface area contributed by atoms with Crippen LogP contribution in [0.25, 0.3) is 0 Å². The van der Waals surface area contributed by atoms with Crippen LogP contribution < -0.4 is 0 Å². The van der Waals surface area contributed by atoms with Crippen LogP contribution in [0.3, 0.4) is 0 Å². The summed E-state index contributed by atoms with van der Waals surface area (Å²) in [5, 5.41) is 20.7. The molecule has 16 heavy (non-hydrogen) atoms. The third kappa shape index (κ3) is 1.06. The first-order chi connectivity index (χ1) is 7.62. The zero-order valence-corrected chi connectivity index (χ0v) is 10.1. The van der Waals surface area contributed by atoms with Crippen molar-refractivity contribution in [2.24, 2.45) is 23.2 Å². The Kier molecular flexibility index (Phi) is 2.14. The lowest BCUT2D eigenvalue weighted by molar-refractivity contribution is -0.104. The second kappa shape index (κ2) is 3.23. The lowest BCUT2D eigenvalue weighted by Crippen LogP contribution is -2.52. The highest BCUT2D eigenvalue weighted by atomic mass is 16.3. The molecule has 88 valence electrons. The van der Waals surface area contributed by atoms with E-state index in [-0.39, 0.29) is 0 Å². The quantitative estimate of drug-likeness (QED) is 0.737. The molecule has 5 unspecified atom stereocenters. The van der Waals surface area contributed by atoms with Gasteiger partial charge in [-0.15, -0.1) is 0 Å². The third-order valence-corrected chi connectivity index (χ3v) is 5.83. The van der Waals surface area contributed by atoms with Crippen molar-refractivity contribution in [1.29, 1.82) is 5.26 Å². The summed E-state index contributed by atoms with van der Waals surface area (Å²) in [4.78, 5) is 0. The largest absolute Gasteiger partial charge is 0.388 e. The van der Waals surface area contributed by atoms with Crippen LogP contribution in [0.15, 0.2) is 0 Å². The van der Waals surface area contributed by atoms with Gasteiger partial charge in [-0.1, -0.05) is 19.8 Å². The van der Waals surface area contributed by atoms with Crippen LogP contribution in [0.1, 0.15) is 51.9 Å². The lowest BCUT2D eigenvalue weighted by atomic mass is 9.60. The molecule has 2 nitrogen and oxygen atoms in total. The molecule has 1 N–H and O–H groups in total. The highest BCUT2D eigenvalue weighted by Gasteiger charge is 2.64. The van der Waals surface area contributed by atoms with E-state index < -0.39 is 11.0 Å². The number of fused-ring (bicyclic) bond motifs is 2. The minimum absolute atomic E-state index is 0.312. The average molecular weight is 219 g/mol. The van der Waals surface area contributed by atoms with Crippen molar-refractivity contribution >= 4 is 0 Å². The number of hydrogen-bond donors (Lipinski definition) is 1. The van der Waals surface area contributed by atoms with Crippen molar-refractivity contribution in [3.8, 4) is 6.07 Å². The molecule has 0 heterocycles. The minimum Gasteiger partial charge on any atom is -0.388 e. The number of nitrogens with zero attached hydrogens (tertiary/aromatic N) is 1. The second-order valence-electron chi connectivity index (χ2n) is 6.38. The number of nitriles is 1. The van der Waals surface area contributed by atoms with Crippen LogP contribution in [0.4, 0.5) is 0 Å². The van der Waals surface area contributed by atoms with Crippen LogP contribution >= 0.6 is 0 Å². The molecule has 3 rings (SSSR count). The zero-order chi connectivity index (χ0) is 11.4. The van der Waals surface area contributed by atoms with Crippen LogP contribution in [0, 0.1) is 34.5 Å². The van der Waals surface area contributed by atoms with Crippen molar-refractivity contribution < 1.29 is 5.11 Å². The highest BCUT2D eigenvalue weighted by Crippen LogP contribution is 2.64. The molecule has 0 aromatic heterocycles. The first-order valence-electron chi connectivity index (χ1n) is 6.76. The fourth-order valence-corrected chi connectivity index (χ4v) is 4.92. The summed E-state index contributed by atoms with van der Waals surface area (Å²) in [6.45, 7) is 2.14. The Morgan fingerprint density at radius 1 is 1.31 bits per heavy atom. The van der Waals surface area contributed by atoms with Crippen molar-refractivity contribution in [2.45, 2.75) is 57.5 Å². The van der Waals surface area contributed by atoms with Gasteiger partial charge in [0.15, 0.2) is 0 Å². The van der Waals surface area contributed by atoms with E-state index >= 15 is 0 Å². The zero-order valence-electron chi connectivity index (χ0n) is 10.1. The normalized spacial score (nSPS) is 55.4. The Hall–Kier alpha value is -0.550. The molecule has 5 atom stereocenters. The monoisotopic (exact) mass is 219 g/mol.